The van der Waals surface area contributed by atoms with E-state index >= 15 is 0 Å². The van der Waals surface area contributed by atoms with E-state index in [1.807, 2.05) is 54.9 Å². The van der Waals surface area contributed by atoms with Crippen molar-refractivity contribution in [3.63, 3.8) is 0 Å². The van der Waals surface area contributed by atoms with Gasteiger partial charge in [-0.25, -0.2) is 0 Å². The molecule has 2 aliphatic heterocycles. The maximum atomic E-state index is 13.2. The minimum Gasteiger partial charge on any atom is -0.393 e. The van der Waals surface area contributed by atoms with Crippen molar-refractivity contribution in [3.8, 4) is 0 Å². The smallest absolute Gasteiger partial charge is 0.259 e. The fraction of sp³-hybridized carbons (Fsp3) is 0.310. The van der Waals surface area contributed by atoms with E-state index in [4.69, 9.17) is 0 Å². The molecule has 6 nitrogen and oxygen atoms in total. The molecule has 0 saturated heterocycles. The number of imide groups is 1. The van der Waals surface area contributed by atoms with Gasteiger partial charge in [0.05, 0.1) is 17.3 Å². The van der Waals surface area contributed by atoms with E-state index in [1.165, 1.54) is 0 Å². The summed E-state index contributed by atoms with van der Waals surface area (Å²) in [6, 6.07) is 16.1. The van der Waals surface area contributed by atoms with Crippen LogP contribution in [0.1, 0.15) is 49.7 Å². The second-order valence-corrected chi connectivity index (χ2v) is 9.69. The van der Waals surface area contributed by atoms with Gasteiger partial charge in [0.15, 0.2) is 0 Å². The molecular formula is C29H29N3O3. The molecule has 178 valence electrons. The quantitative estimate of drug-likeness (QED) is 0.362. The van der Waals surface area contributed by atoms with Gasteiger partial charge >= 0.3 is 0 Å². The Labute approximate surface area is 203 Å². The third-order valence-electron chi connectivity index (χ3n) is 7.44. The minimum absolute atomic E-state index is 0.349. The number of hydrogen-bond acceptors (Lipinski definition) is 3. The number of aliphatic hydroxyl groups excluding tert-OH is 1. The van der Waals surface area contributed by atoms with Gasteiger partial charge in [0.1, 0.15) is 0 Å². The number of benzene rings is 2. The van der Waals surface area contributed by atoms with Gasteiger partial charge in [-0.3, -0.25) is 14.9 Å². The van der Waals surface area contributed by atoms with E-state index < -0.39 is 0 Å². The lowest BCUT2D eigenvalue weighted by Gasteiger charge is -2.12. The molecule has 1 unspecified atom stereocenters. The summed E-state index contributed by atoms with van der Waals surface area (Å²) in [5.41, 5.74) is 4.50. The number of carbonyl (C=O) groups excluding carboxylic acids is 2. The molecule has 6 rings (SSSR count). The molecule has 0 radical (unpaired) electrons. The van der Waals surface area contributed by atoms with Crippen molar-refractivity contribution >= 4 is 44.8 Å². The molecule has 2 aromatic heterocycles. The van der Waals surface area contributed by atoms with Crippen LogP contribution in [0.15, 0.2) is 60.9 Å². The number of amides is 2. The predicted molar refractivity (Wildman–Crippen MR) is 138 cm³/mol. The Bertz CT molecular complexity index is 1490. The first kappa shape index (κ1) is 21.9. The molecule has 2 aromatic carbocycles. The fourth-order valence-electron chi connectivity index (χ4n) is 5.68. The van der Waals surface area contributed by atoms with E-state index in [1.54, 1.807) is 0 Å². The van der Waals surface area contributed by atoms with Crippen molar-refractivity contribution in [1.82, 2.24) is 14.5 Å². The second-order valence-electron chi connectivity index (χ2n) is 9.69. The number of nitrogens with zero attached hydrogens (tertiary/aromatic N) is 2. The highest BCUT2D eigenvalue weighted by atomic mass is 16.3. The summed E-state index contributed by atoms with van der Waals surface area (Å²) in [7, 11) is 0. The summed E-state index contributed by atoms with van der Waals surface area (Å²) < 4.78 is 4.32. The van der Waals surface area contributed by atoms with Crippen molar-refractivity contribution in [2.45, 2.75) is 57.7 Å². The molecule has 0 aliphatic carbocycles. The standard InChI is InChI=1S/C29H29N3O3/c33-19-9-3-1-2-8-15-31-17-22(20-10-4-6-12-24(20)31)26-27(29(35)30-28(26)34)23-18-32(16-14-19)25-13-7-5-11-21(23)25/h4-7,10-13,17-19,33H,1-3,8-9,14-16H2,(H,30,34,35). The number of nitrogens with one attached hydrogen (secondary N) is 1. The van der Waals surface area contributed by atoms with Gasteiger partial charge in [0.2, 0.25) is 0 Å². The third-order valence-corrected chi connectivity index (χ3v) is 7.44. The Kier molecular flexibility index (Phi) is 5.53. The van der Waals surface area contributed by atoms with E-state index in [9.17, 15) is 14.7 Å². The molecule has 2 aliphatic rings. The molecule has 2 N–H and O–H groups in total. The molecule has 6 heteroatoms. The Balaban J connectivity index is 1.61. The molecule has 35 heavy (non-hydrogen) atoms. The third kappa shape index (κ3) is 3.78. The summed E-state index contributed by atoms with van der Waals surface area (Å²) in [5.74, 6) is -0.708. The lowest BCUT2D eigenvalue weighted by Crippen LogP contribution is -2.22. The summed E-state index contributed by atoms with van der Waals surface area (Å²) in [6.45, 7) is 1.50. The van der Waals surface area contributed by atoms with Crippen LogP contribution in [0.2, 0.25) is 0 Å². The summed E-state index contributed by atoms with van der Waals surface area (Å²) in [4.78, 5) is 26.4. The summed E-state index contributed by atoms with van der Waals surface area (Å²) >= 11 is 0. The van der Waals surface area contributed by atoms with Crippen LogP contribution in [0.25, 0.3) is 33.0 Å². The first-order valence-electron chi connectivity index (χ1n) is 12.6. The second kappa shape index (κ2) is 8.86. The number of aryl methyl sites for hydroxylation is 2. The number of aromatic nitrogens is 2. The monoisotopic (exact) mass is 467 g/mol. The van der Waals surface area contributed by atoms with Gasteiger partial charge in [0.25, 0.3) is 11.8 Å². The summed E-state index contributed by atoms with van der Waals surface area (Å²) in [5, 5.41) is 15.1. The molecular weight excluding hydrogens is 438 g/mol. The van der Waals surface area contributed by atoms with Gasteiger partial charge in [0, 0.05) is 58.4 Å². The molecule has 4 bridgehead atoms. The molecule has 4 aromatic rings. The maximum Gasteiger partial charge on any atom is 0.259 e. The zero-order valence-corrected chi connectivity index (χ0v) is 19.7. The van der Waals surface area contributed by atoms with E-state index in [2.05, 4.69) is 20.5 Å². The highest BCUT2D eigenvalue weighted by molar-refractivity contribution is 6.50. The van der Waals surface area contributed by atoms with Crippen molar-refractivity contribution in [3.05, 3.63) is 72.1 Å². The van der Waals surface area contributed by atoms with Crippen molar-refractivity contribution in [2.75, 3.05) is 0 Å². The molecule has 0 saturated carbocycles. The van der Waals surface area contributed by atoms with Gasteiger partial charge in [-0.15, -0.1) is 0 Å². The van der Waals surface area contributed by atoms with Crippen LogP contribution in [0, 0.1) is 0 Å². The molecule has 0 spiro atoms. The van der Waals surface area contributed by atoms with Crippen LogP contribution in [-0.4, -0.2) is 32.2 Å². The van der Waals surface area contributed by atoms with Gasteiger partial charge in [-0.05, 0) is 31.4 Å². The zero-order valence-electron chi connectivity index (χ0n) is 19.7. The fourth-order valence-corrected chi connectivity index (χ4v) is 5.68. The predicted octanol–water partition coefficient (Wildman–Crippen LogP) is 4.88. The van der Waals surface area contributed by atoms with Crippen molar-refractivity contribution < 1.29 is 14.7 Å². The van der Waals surface area contributed by atoms with Crippen LogP contribution in [-0.2, 0) is 22.7 Å². The van der Waals surface area contributed by atoms with E-state index in [-0.39, 0.29) is 17.9 Å². The highest BCUT2D eigenvalue weighted by Gasteiger charge is 2.35. The van der Waals surface area contributed by atoms with Crippen LogP contribution in [0.4, 0.5) is 0 Å². The van der Waals surface area contributed by atoms with Crippen molar-refractivity contribution in [1.29, 1.82) is 0 Å². The molecule has 2 amide bonds. The Hall–Kier alpha value is -3.64. The topological polar surface area (TPSA) is 76.3 Å². The largest absolute Gasteiger partial charge is 0.393 e. The van der Waals surface area contributed by atoms with Crippen LogP contribution in [0.5, 0.6) is 0 Å². The number of hydrogen-bond donors (Lipinski definition) is 2. The van der Waals surface area contributed by atoms with Gasteiger partial charge < -0.3 is 14.2 Å². The molecule has 4 heterocycles. The van der Waals surface area contributed by atoms with Gasteiger partial charge in [-0.1, -0.05) is 55.7 Å². The Morgan fingerprint density at radius 1 is 0.686 bits per heavy atom. The Morgan fingerprint density at radius 3 is 1.86 bits per heavy atom. The number of aliphatic hydroxyl groups is 1. The first-order valence-corrected chi connectivity index (χ1v) is 12.6. The number of fused-ring (bicyclic) bond motifs is 12. The average molecular weight is 468 g/mol. The normalized spacial score (nSPS) is 19.7. The van der Waals surface area contributed by atoms with Crippen LogP contribution >= 0.6 is 0 Å². The van der Waals surface area contributed by atoms with Crippen molar-refractivity contribution in [2.24, 2.45) is 0 Å². The lowest BCUT2D eigenvalue weighted by molar-refractivity contribution is -0.122. The average Bonchev–Trinajstić information content (AvgIpc) is 3.50. The SMILES string of the molecule is O=C1NC(=O)C2=C1c1cn(c3ccccc13)CCCCCCC(O)CCn1cc2c2ccccc21. The number of rotatable bonds is 0. The summed E-state index contributed by atoms with van der Waals surface area (Å²) in [6.07, 6.45) is 9.34. The zero-order chi connectivity index (χ0) is 23.9. The lowest BCUT2D eigenvalue weighted by atomic mass is 9.95. The highest BCUT2D eigenvalue weighted by Crippen LogP contribution is 2.39. The number of carbonyl (C=O) groups is 2. The molecule has 1 atom stereocenters. The minimum atomic E-state index is -0.359. The first-order chi connectivity index (χ1) is 17.1. The Morgan fingerprint density at radius 2 is 1.23 bits per heavy atom. The van der Waals surface area contributed by atoms with E-state index in [0.29, 0.717) is 24.1 Å². The molecule has 0 fully saturated rings. The van der Waals surface area contributed by atoms with Gasteiger partial charge in [-0.2, -0.15) is 0 Å². The number of para-hydroxylation sites is 2. The maximum absolute atomic E-state index is 13.2. The van der Waals surface area contributed by atoms with E-state index in [0.717, 1.165) is 71.6 Å². The van der Waals surface area contributed by atoms with Crippen LogP contribution in [0.3, 0.4) is 0 Å². The van der Waals surface area contributed by atoms with Crippen LogP contribution < -0.4 is 5.32 Å².